The van der Waals surface area contributed by atoms with Crippen molar-refractivity contribution < 1.29 is 34.0 Å². The molecule has 6 rings (SSSR count). The maximum atomic E-state index is 14.8. The molecule has 0 bridgehead atoms. The lowest BCUT2D eigenvalue weighted by Gasteiger charge is -2.55. The summed E-state index contributed by atoms with van der Waals surface area (Å²) in [6.07, 6.45) is -1.21. The number of hydrogen-bond acceptors (Lipinski definition) is 8. The van der Waals surface area contributed by atoms with Gasteiger partial charge in [-0.15, -0.1) is 0 Å². The van der Waals surface area contributed by atoms with Gasteiger partial charge in [0, 0.05) is 29.2 Å². The zero-order valence-electron chi connectivity index (χ0n) is 24.9. The van der Waals surface area contributed by atoms with Gasteiger partial charge < -0.3 is 29.7 Å². The number of benzene rings is 3. The molecule has 9 nitrogen and oxygen atoms in total. The van der Waals surface area contributed by atoms with Gasteiger partial charge in [-0.3, -0.25) is 9.59 Å². The number of esters is 1. The van der Waals surface area contributed by atoms with Gasteiger partial charge in [0.25, 0.3) is 5.91 Å². The third-order valence-electron chi connectivity index (χ3n) is 9.29. The molecule has 1 amide bonds. The first kappa shape index (κ1) is 30.7. The number of nitrogens with zero attached hydrogens (tertiary/aromatic N) is 1. The number of nitrogens with one attached hydrogen (secondary N) is 1. The number of aliphatic hydroxyl groups excluding tert-OH is 1. The maximum Gasteiger partial charge on any atom is 0.308 e. The van der Waals surface area contributed by atoms with Gasteiger partial charge in [-0.2, -0.15) is 0 Å². The lowest BCUT2D eigenvalue weighted by atomic mass is 9.73. The third-order valence-corrected chi connectivity index (χ3v) is 9.55. The average molecular weight is 621 g/mol. The molecule has 3 aliphatic heterocycles. The van der Waals surface area contributed by atoms with Crippen LogP contribution >= 0.6 is 11.6 Å². The molecule has 6 atom stereocenters. The Morgan fingerprint density at radius 2 is 1.66 bits per heavy atom. The molecule has 3 unspecified atom stereocenters. The molecule has 0 aliphatic carbocycles. The Morgan fingerprint density at radius 3 is 2.27 bits per heavy atom. The molecule has 0 radical (unpaired) electrons. The second-order valence-electron chi connectivity index (χ2n) is 12.0. The number of fused-ring (bicyclic) bond motifs is 3. The number of halogens is 1. The lowest BCUT2D eigenvalue weighted by Crippen LogP contribution is -2.70. The van der Waals surface area contributed by atoms with Gasteiger partial charge in [0.15, 0.2) is 17.1 Å². The van der Waals surface area contributed by atoms with Crippen LogP contribution in [0.4, 0.5) is 5.69 Å². The highest BCUT2D eigenvalue weighted by atomic mass is 35.5. The van der Waals surface area contributed by atoms with Crippen molar-refractivity contribution in [2.75, 3.05) is 19.0 Å². The summed E-state index contributed by atoms with van der Waals surface area (Å²) < 4.78 is 18.6. The monoisotopic (exact) mass is 620 g/mol. The quantitative estimate of drug-likeness (QED) is 0.235. The molecule has 0 saturated carbocycles. The molecule has 3 heterocycles. The van der Waals surface area contributed by atoms with E-state index in [-0.39, 0.29) is 12.8 Å². The van der Waals surface area contributed by atoms with Crippen LogP contribution in [-0.4, -0.2) is 64.2 Å². The van der Waals surface area contributed by atoms with Crippen molar-refractivity contribution in [1.82, 2.24) is 4.90 Å². The van der Waals surface area contributed by atoms with Crippen LogP contribution in [0.1, 0.15) is 44.2 Å². The van der Waals surface area contributed by atoms with E-state index in [1.54, 1.807) is 36.4 Å². The second kappa shape index (κ2) is 11.2. The number of hydrogen-bond donors (Lipinski definition) is 3. The average Bonchev–Trinajstić information content (AvgIpc) is 3.71. The Bertz CT molecular complexity index is 1520. The van der Waals surface area contributed by atoms with Crippen molar-refractivity contribution in [3.8, 4) is 0 Å². The molecule has 3 aromatic rings. The van der Waals surface area contributed by atoms with E-state index in [1.165, 1.54) is 7.11 Å². The SMILES string of the molecule is COC(=O)C[C@H](O)C[C@H]1CCN2C(O)(c3ccc(Cl)cc3)C3(c4ccccc4)OC3(C(=O)Nc3ccccc3)[C@]2(C(C)C)O1. The first-order valence-corrected chi connectivity index (χ1v) is 15.3. The van der Waals surface area contributed by atoms with E-state index in [1.807, 2.05) is 67.3 Å². The number of carbonyl (C=O) groups is 2. The van der Waals surface area contributed by atoms with Crippen molar-refractivity contribution in [3.63, 3.8) is 0 Å². The van der Waals surface area contributed by atoms with Crippen LogP contribution in [0.3, 0.4) is 0 Å². The molecular weight excluding hydrogens is 584 g/mol. The summed E-state index contributed by atoms with van der Waals surface area (Å²) in [5, 5.41) is 27.6. The molecular formula is C34H37ClN2O7. The zero-order chi connectivity index (χ0) is 31.3. The number of para-hydroxylation sites is 1. The van der Waals surface area contributed by atoms with Crippen LogP contribution in [-0.2, 0) is 35.1 Å². The Hall–Kier alpha value is -3.31. The van der Waals surface area contributed by atoms with Crippen molar-refractivity contribution >= 4 is 29.2 Å². The fraction of sp³-hybridized carbons (Fsp3) is 0.412. The Morgan fingerprint density at radius 1 is 1.02 bits per heavy atom. The van der Waals surface area contributed by atoms with Crippen LogP contribution in [0, 0.1) is 5.92 Å². The largest absolute Gasteiger partial charge is 0.469 e. The molecule has 0 aromatic heterocycles. The minimum absolute atomic E-state index is 0.130. The number of amides is 1. The predicted molar refractivity (Wildman–Crippen MR) is 163 cm³/mol. The van der Waals surface area contributed by atoms with E-state index in [4.69, 9.17) is 25.8 Å². The van der Waals surface area contributed by atoms with Gasteiger partial charge in [-0.25, -0.2) is 4.90 Å². The Balaban J connectivity index is 1.55. The van der Waals surface area contributed by atoms with Crippen molar-refractivity contribution in [3.05, 3.63) is 101 Å². The van der Waals surface area contributed by atoms with Gasteiger partial charge in [0.2, 0.25) is 5.60 Å². The summed E-state index contributed by atoms with van der Waals surface area (Å²) in [4.78, 5) is 28.6. The zero-order valence-corrected chi connectivity index (χ0v) is 25.7. The molecule has 3 aliphatic rings. The molecule has 3 fully saturated rings. The van der Waals surface area contributed by atoms with Gasteiger partial charge >= 0.3 is 5.97 Å². The molecule has 44 heavy (non-hydrogen) atoms. The Labute approximate surface area is 261 Å². The minimum Gasteiger partial charge on any atom is -0.469 e. The first-order chi connectivity index (χ1) is 21.1. The molecule has 0 spiro atoms. The minimum atomic E-state index is -1.87. The van der Waals surface area contributed by atoms with Gasteiger partial charge in [0.1, 0.15) is 0 Å². The predicted octanol–water partition coefficient (Wildman–Crippen LogP) is 4.56. The standard InChI is InChI=1S/C34H37ClN2O7/c1-22(2)34-32(30(40)36-26-12-8-5-9-13-26)31(44-32,23-10-6-4-7-11-23)33(41,24-14-16-25(35)17-15-24)37(34)19-18-28(43-34)20-27(38)21-29(39)42-3/h4-17,22,27-28,38,41H,18-21H2,1-3H3,(H,36,40)/t27-,28-,31?,32?,33?,34+/m1/s1. The van der Waals surface area contributed by atoms with Crippen LogP contribution in [0.15, 0.2) is 84.9 Å². The highest BCUT2D eigenvalue weighted by Gasteiger charge is 2.99. The van der Waals surface area contributed by atoms with Crippen LogP contribution in [0.5, 0.6) is 0 Å². The fourth-order valence-electron chi connectivity index (χ4n) is 7.50. The summed E-state index contributed by atoms with van der Waals surface area (Å²) in [5.41, 5.74) is -5.01. The number of carbonyl (C=O) groups excluding carboxylic acids is 2. The summed E-state index contributed by atoms with van der Waals surface area (Å²) in [6, 6.07) is 25.2. The third kappa shape index (κ3) is 4.25. The molecule has 3 N–H and O–H groups in total. The number of methoxy groups -OCH3 is 1. The molecule has 10 heteroatoms. The normalized spacial score (nSPS) is 31.6. The summed E-state index contributed by atoms with van der Waals surface area (Å²) in [5.74, 6) is -1.39. The number of aliphatic hydroxyl groups is 2. The maximum absolute atomic E-state index is 14.8. The number of morpholine rings is 1. The van der Waals surface area contributed by atoms with E-state index in [0.29, 0.717) is 34.8 Å². The molecule has 3 saturated heterocycles. The van der Waals surface area contributed by atoms with E-state index in [9.17, 15) is 19.8 Å². The van der Waals surface area contributed by atoms with Crippen LogP contribution in [0.2, 0.25) is 5.02 Å². The summed E-state index contributed by atoms with van der Waals surface area (Å²) in [7, 11) is 1.27. The van der Waals surface area contributed by atoms with E-state index in [2.05, 4.69) is 5.32 Å². The summed E-state index contributed by atoms with van der Waals surface area (Å²) >= 11 is 6.29. The van der Waals surface area contributed by atoms with Crippen LogP contribution < -0.4 is 5.32 Å². The van der Waals surface area contributed by atoms with Gasteiger partial charge in [0.05, 0.1) is 25.7 Å². The van der Waals surface area contributed by atoms with Crippen LogP contribution in [0.25, 0.3) is 0 Å². The smallest absolute Gasteiger partial charge is 0.308 e. The second-order valence-corrected chi connectivity index (χ2v) is 12.5. The number of epoxide rings is 1. The molecule has 3 aromatic carbocycles. The lowest BCUT2D eigenvalue weighted by molar-refractivity contribution is -0.327. The van der Waals surface area contributed by atoms with Gasteiger partial charge in [-0.1, -0.05) is 86.1 Å². The Kier molecular flexibility index (Phi) is 7.85. The van der Waals surface area contributed by atoms with Crippen molar-refractivity contribution in [1.29, 1.82) is 0 Å². The van der Waals surface area contributed by atoms with Gasteiger partial charge in [-0.05, 0) is 42.2 Å². The van der Waals surface area contributed by atoms with E-state index >= 15 is 0 Å². The van der Waals surface area contributed by atoms with E-state index in [0.717, 1.165) is 0 Å². The van der Waals surface area contributed by atoms with E-state index < -0.39 is 52.7 Å². The highest BCUT2D eigenvalue weighted by Crippen LogP contribution is 2.79. The molecule has 232 valence electrons. The number of anilines is 1. The topological polar surface area (TPSA) is 121 Å². The van der Waals surface area contributed by atoms with Crippen molar-refractivity contribution in [2.24, 2.45) is 5.92 Å². The fourth-order valence-corrected chi connectivity index (χ4v) is 7.62. The number of rotatable bonds is 9. The van der Waals surface area contributed by atoms with Crippen molar-refractivity contribution in [2.45, 2.75) is 68.0 Å². The highest BCUT2D eigenvalue weighted by molar-refractivity contribution is 6.30. The summed E-state index contributed by atoms with van der Waals surface area (Å²) in [6.45, 7) is 4.18. The number of ether oxygens (including phenoxy) is 3. The first-order valence-electron chi connectivity index (χ1n) is 14.9.